The first-order valence-corrected chi connectivity index (χ1v) is 2.94. The Morgan fingerprint density at radius 2 is 1.40 bits per heavy atom. The van der Waals surface area contributed by atoms with E-state index < -0.39 is 22.4 Å². The van der Waals surface area contributed by atoms with Crippen LogP contribution < -0.4 is 0 Å². The number of nitrogens with zero attached hydrogens (tertiary/aromatic N) is 2. The van der Waals surface area contributed by atoms with E-state index in [1.165, 1.54) is 0 Å². The van der Waals surface area contributed by atoms with Gasteiger partial charge >= 0.3 is 0 Å². The maximum atomic E-state index is 12.1. The minimum atomic E-state index is -1.54. The Morgan fingerprint density at radius 1 is 0.900 bits per heavy atom. The second-order valence-corrected chi connectivity index (χ2v) is 2.14. The molecular weight excluding hydrogens is 213 g/mol. The standard InChI is InChI=1S/C4BrF3N2/c5-1-2(6)10-4(8)3(7)9-1. The summed E-state index contributed by atoms with van der Waals surface area (Å²) in [5.41, 5.74) is 0. The van der Waals surface area contributed by atoms with Crippen molar-refractivity contribution in [1.82, 2.24) is 9.97 Å². The largest absolute Gasteiger partial charge is 0.271 e. The summed E-state index contributed by atoms with van der Waals surface area (Å²) in [4.78, 5) is 5.37. The molecule has 0 amide bonds. The molecule has 0 aromatic carbocycles. The summed E-state index contributed by atoms with van der Waals surface area (Å²) in [5, 5.41) is 0. The third kappa shape index (κ3) is 1.26. The molecule has 0 unspecified atom stereocenters. The van der Waals surface area contributed by atoms with Crippen molar-refractivity contribution >= 4 is 15.9 Å². The monoisotopic (exact) mass is 212 g/mol. The Labute approximate surface area is 62.2 Å². The van der Waals surface area contributed by atoms with Crippen LogP contribution in [0.25, 0.3) is 0 Å². The minimum absolute atomic E-state index is 0.439. The molecule has 0 radical (unpaired) electrons. The first-order valence-electron chi connectivity index (χ1n) is 2.15. The molecule has 0 atom stereocenters. The fraction of sp³-hybridized carbons (Fsp3) is 0. The molecule has 1 rings (SSSR count). The summed E-state index contributed by atoms with van der Waals surface area (Å²) in [6.45, 7) is 0. The van der Waals surface area contributed by atoms with Gasteiger partial charge in [-0.05, 0) is 15.9 Å². The van der Waals surface area contributed by atoms with Crippen LogP contribution in [0.15, 0.2) is 4.60 Å². The molecule has 0 aliphatic carbocycles. The van der Waals surface area contributed by atoms with E-state index in [0.29, 0.717) is 0 Å². The summed E-state index contributed by atoms with van der Waals surface area (Å²) >= 11 is 2.52. The van der Waals surface area contributed by atoms with E-state index in [2.05, 4.69) is 25.9 Å². The summed E-state index contributed by atoms with van der Waals surface area (Å²) < 4.78 is 35.7. The summed E-state index contributed by atoms with van der Waals surface area (Å²) in [6, 6.07) is 0. The third-order valence-corrected chi connectivity index (χ3v) is 1.24. The highest BCUT2D eigenvalue weighted by atomic mass is 79.9. The first-order chi connectivity index (χ1) is 4.61. The molecule has 0 aliphatic heterocycles. The van der Waals surface area contributed by atoms with Crippen LogP contribution in [0.4, 0.5) is 13.2 Å². The van der Waals surface area contributed by atoms with Crippen molar-refractivity contribution < 1.29 is 13.2 Å². The van der Waals surface area contributed by atoms with Crippen LogP contribution in [0, 0.1) is 17.8 Å². The van der Waals surface area contributed by atoms with Gasteiger partial charge < -0.3 is 0 Å². The third-order valence-electron chi connectivity index (χ3n) is 0.733. The Kier molecular flexibility index (Phi) is 1.89. The first kappa shape index (κ1) is 7.46. The second kappa shape index (κ2) is 2.53. The van der Waals surface area contributed by atoms with Crippen molar-refractivity contribution in [3.8, 4) is 0 Å². The van der Waals surface area contributed by atoms with E-state index in [1.807, 2.05) is 0 Å². The average Bonchev–Trinajstić information content (AvgIpc) is 1.84. The number of hydrogen-bond acceptors (Lipinski definition) is 2. The van der Waals surface area contributed by atoms with Gasteiger partial charge in [-0.25, -0.2) is 4.98 Å². The molecule has 0 aliphatic rings. The van der Waals surface area contributed by atoms with Crippen molar-refractivity contribution in [1.29, 1.82) is 0 Å². The van der Waals surface area contributed by atoms with E-state index in [0.717, 1.165) is 0 Å². The Balaban J connectivity index is 3.28. The topological polar surface area (TPSA) is 25.8 Å². The minimum Gasteiger partial charge on any atom is -0.204 e. The smallest absolute Gasteiger partial charge is 0.204 e. The van der Waals surface area contributed by atoms with Crippen LogP contribution in [0.3, 0.4) is 0 Å². The zero-order valence-electron chi connectivity index (χ0n) is 4.41. The van der Waals surface area contributed by atoms with Gasteiger partial charge in [-0.15, -0.1) is 0 Å². The maximum absolute atomic E-state index is 12.1. The molecule has 2 nitrogen and oxygen atoms in total. The van der Waals surface area contributed by atoms with E-state index in [-0.39, 0.29) is 0 Å². The van der Waals surface area contributed by atoms with Gasteiger partial charge in [0.25, 0.3) is 11.9 Å². The number of halogens is 4. The van der Waals surface area contributed by atoms with E-state index in [1.54, 1.807) is 0 Å². The lowest BCUT2D eigenvalue weighted by atomic mass is 10.7. The number of aromatic nitrogens is 2. The van der Waals surface area contributed by atoms with Gasteiger partial charge in [0.1, 0.15) is 0 Å². The number of hydrogen-bond donors (Lipinski definition) is 0. The van der Waals surface area contributed by atoms with Crippen molar-refractivity contribution in [3.63, 3.8) is 0 Å². The van der Waals surface area contributed by atoms with E-state index in [4.69, 9.17) is 0 Å². The van der Waals surface area contributed by atoms with Crippen LogP contribution in [0.5, 0.6) is 0 Å². The molecule has 54 valence electrons. The molecule has 0 N–H and O–H groups in total. The van der Waals surface area contributed by atoms with Crippen molar-refractivity contribution in [3.05, 3.63) is 22.4 Å². The highest BCUT2D eigenvalue weighted by Gasteiger charge is 2.09. The summed E-state index contributed by atoms with van der Waals surface area (Å²) in [7, 11) is 0. The quantitative estimate of drug-likeness (QED) is 0.654. The zero-order chi connectivity index (χ0) is 7.72. The Bertz CT molecular complexity index is 215. The van der Waals surface area contributed by atoms with Gasteiger partial charge in [0.05, 0.1) is 0 Å². The van der Waals surface area contributed by atoms with Crippen LogP contribution >= 0.6 is 15.9 Å². The normalized spacial score (nSPS) is 10.0. The Hall–Kier alpha value is -0.650. The predicted octanol–water partition coefficient (Wildman–Crippen LogP) is 1.66. The fourth-order valence-corrected chi connectivity index (χ4v) is 0.601. The number of rotatable bonds is 0. The van der Waals surface area contributed by atoms with Gasteiger partial charge in [-0.1, -0.05) is 0 Å². The zero-order valence-corrected chi connectivity index (χ0v) is 5.99. The lowest BCUT2D eigenvalue weighted by molar-refractivity contribution is 0.416. The van der Waals surface area contributed by atoms with Gasteiger partial charge in [0.15, 0.2) is 4.60 Å². The highest BCUT2D eigenvalue weighted by molar-refractivity contribution is 9.10. The van der Waals surface area contributed by atoms with Crippen molar-refractivity contribution in [2.45, 2.75) is 0 Å². The second-order valence-electron chi connectivity index (χ2n) is 1.39. The molecule has 0 saturated carbocycles. The average molecular weight is 213 g/mol. The fourth-order valence-electron chi connectivity index (χ4n) is 0.357. The SMILES string of the molecule is Fc1nc(F)c(Br)nc1F. The van der Waals surface area contributed by atoms with Crippen LogP contribution in [0.1, 0.15) is 0 Å². The van der Waals surface area contributed by atoms with Gasteiger partial charge in [0, 0.05) is 0 Å². The van der Waals surface area contributed by atoms with Gasteiger partial charge in [-0.2, -0.15) is 18.2 Å². The molecule has 1 aromatic heterocycles. The maximum Gasteiger partial charge on any atom is 0.271 e. The molecule has 1 heterocycles. The molecule has 0 saturated heterocycles. The Morgan fingerprint density at radius 3 is 1.90 bits per heavy atom. The summed E-state index contributed by atoms with van der Waals surface area (Å²) in [5.74, 6) is -4.13. The van der Waals surface area contributed by atoms with E-state index in [9.17, 15) is 13.2 Å². The lowest BCUT2D eigenvalue weighted by Gasteiger charge is -1.92. The van der Waals surface area contributed by atoms with Gasteiger partial charge in [-0.3, -0.25) is 0 Å². The molecule has 0 fully saturated rings. The van der Waals surface area contributed by atoms with Gasteiger partial charge in [0.2, 0.25) is 5.95 Å². The van der Waals surface area contributed by atoms with Crippen molar-refractivity contribution in [2.75, 3.05) is 0 Å². The predicted molar refractivity (Wildman–Crippen MR) is 29.6 cm³/mol. The van der Waals surface area contributed by atoms with Crippen molar-refractivity contribution in [2.24, 2.45) is 0 Å². The van der Waals surface area contributed by atoms with E-state index >= 15 is 0 Å². The molecular formula is C4BrF3N2. The summed E-state index contributed by atoms with van der Waals surface area (Å²) in [6.07, 6.45) is 0. The molecule has 0 spiro atoms. The lowest BCUT2D eigenvalue weighted by Crippen LogP contribution is -1.98. The van der Waals surface area contributed by atoms with Crippen LogP contribution in [0.2, 0.25) is 0 Å². The van der Waals surface area contributed by atoms with Crippen LogP contribution in [-0.2, 0) is 0 Å². The molecule has 10 heavy (non-hydrogen) atoms. The molecule has 6 heteroatoms. The molecule has 0 bridgehead atoms. The highest BCUT2D eigenvalue weighted by Crippen LogP contribution is 2.10. The molecule has 1 aromatic rings. The van der Waals surface area contributed by atoms with Crippen LogP contribution in [-0.4, -0.2) is 9.97 Å².